The lowest BCUT2D eigenvalue weighted by molar-refractivity contribution is 0.0900. The van der Waals surface area contributed by atoms with Crippen LogP contribution in [0.3, 0.4) is 0 Å². The van der Waals surface area contributed by atoms with E-state index in [0.717, 1.165) is 75.5 Å². The molecule has 0 N–H and O–H groups in total. The third kappa shape index (κ3) is 4.36. The van der Waals surface area contributed by atoms with Crippen LogP contribution in [0.5, 0.6) is 0 Å². The smallest absolute Gasteiger partial charge is 0.231 e. The minimum atomic E-state index is 0.0805. The standard InChI is InChI=1S/C24H32N6O/c1-18-6-8-19(9-7-18)21(31)20-10-16-30(17-11-20)24-26-22(28-12-2-3-13-28)25-23(27-24)29-14-4-5-15-29/h6-9,20H,2-5,10-17H2,1H3. The van der Waals surface area contributed by atoms with Crippen molar-refractivity contribution >= 4 is 23.6 Å². The first-order valence-corrected chi connectivity index (χ1v) is 11.8. The number of carbonyl (C=O) groups is 1. The van der Waals surface area contributed by atoms with Gasteiger partial charge in [-0.1, -0.05) is 29.8 Å². The van der Waals surface area contributed by atoms with E-state index in [1.807, 2.05) is 31.2 Å². The molecule has 3 aliphatic heterocycles. The number of benzene rings is 1. The molecule has 0 bridgehead atoms. The first kappa shape index (κ1) is 20.2. The van der Waals surface area contributed by atoms with Gasteiger partial charge in [0.25, 0.3) is 0 Å². The Labute approximate surface area is 184 Å². The van der Waals surface area contributed by atoms with Crippen LogP contribution in [-0.4, -0.2) is 60.0 Å². The minimum absolute atomic E-state index is 0.0805. The molecule has 164 valence electrons. The molecule has 7 nitrogen and oxygen atoms in total. The third-order valence-corrected chi connectivity index (χ3v) is 6.86. The molecule has 0 saturated carbocycles. The van der Waals surface area contributed by atoms with E-state index in [-0.39, 0.29) is 11.7 Å². The largest absolute Gasteiger partial charge is 0.341 e. The molecule has 0 unspecified atom stereocenters. The average molecular weight is 421 g/mol. The average Bonchev–Trinajstić information content (AvgIpc) is 3.54. The van der Waals surface area contributed by atoms with Crippen LogP contribution in [0.25, 0.3) is 0 Å². The lowest BCUT2D eigenvalue weighted by Gasteiger charge is -2.32. The van der Waals surface area contributed by atoms with Gasteiger partial charge >= 0.3 is 0 Å². The van der Waals surface area contributed by atoms with Crippen molar-refractivity contribution in [3.05, 3.63) is 35.4 Å². The van der Waals surface area contributed by atoms with Gasteiger partial charge in [-0.3, -0.25) is 4.79 Å². The number of aryl methyl sites for hydroxylation is 1. The zero-order chi connectivity index (χ0) is 21.2. The normalized spacial score (nSPS) is 20.0. The van der Waals surface area contributed by atoms with Gasteiger partial charge in [-0.2, -0.15) is 15.0 Å². The second kappa shape index (κ2) is 8.81. The van der Waals surface area contributed by atoms with Crippen LogP contribution in [-0.2, 0) is 0 Å². The Morgan fingerprint density at radius 3 is 1.58 bits per heavy atom. The second-order valence-electron chi connectivity index (χ2n) is 9.12. The van der Waals surface area contributed by atoms with Crippen molar-refractivity contribution in [3.63, 3.8) is 0 Å². The van der Waals surface area contributed by atoms with Gasteiger partial charge in [-0.15, -0.1) is 0 Å². The van der Waals surface area contributed by atoms with E-state index in [0.29, 0.717) is 0 Å². The van der Waals surface area contributed by atoms with E-state index in [1.165, 1.54) is 31.2 Å². The summed E-state index contributed by atoms with van der Waals surface area (Å²) in [4.78, 5) is 34.3. The van der Waals surface area contributed by atoms with Crippen molar-refractivity contribution in [2.75, 3.05) is 54.0 Å². The monoisotopic (exact) mass is 420 g/mol. The Bertz CT molecular complexity index is 876. The summed E-state index contributed by atoms with van der Waals surface area (Å²) < 4.78 is 0. The zero-order valence-electron chi connectivity index (χ0n) is 18.5. The number of hydrogen-bond acceptors (Lipinski definition) is 7. The van der Waals surface area contributed by atoms with Crippen LogP contribution in [0.15, 0.2) is 24.3 Å². The fourth-order valence-corrected chi connectivity index (χ4v) is 4.90. The van der Waals surface area contributed by atoms with E-state index < -0.39 is 0 Å². The zero-order valence-corrected chi connectivity index (χ0v) is 18.5. The lowest BCUT2D eigenvalue weighted by atomic mass is 9.89. The first-order chi connectivity index (χ1) is 15.2. The van der Waals surface area contributed by atoms with Gasteiger partial charge in [0.05, 0.1) is 0 Å². The summed E-state index contributed by atoms with van der Waals surface area (Å²) in [5, 5.41) is 0. The predicted molar refractivity (Wildman–Crippen MR) is 123 cm³/mol. The molecule has 1 aromatic heterocycles. The summed E-state index contributed by atoms with van der Waals surface area (Å²) in [5.74, 6) is 2.77. The van der Waals surface area contributed by atoms with Gasteiger partial charge in [-0.05, 0) is 45.4 Å². The highest BCUT2D eigenvalue weighted by atomic mass is 16.1. The molecule has 3 aliphatic rings. The summed E-state index contributed by atoms with van der Waals surface area (Å²) >= 11 is 0. The molecule has 31 heavy (non-hydrogen) atoms. The number of carbonyl (C=O) groups excluding carboxylic acids is 1. The van der Waals surface area contributed by atoms with Gasteiger partial charge in [0.1, 0.15) is 0 Å². The maximum absolute atomic E-state index is 12.9. The number of hydrogen-bond donors (Lipinski definition) is 0. The Balaban J connectivity index is 1.32. The van der Waals surface area contributed by atoms with Crippen molar-refractivity contribution in [2.24, 2.45) is 5.92 Å². The SMILES string of the molecule is Cc1ccc(C(=O)C2CCN(c3nc(N4CCCC4)nc(N4CCCC4)n3)CC2)cc1. The van der Waals surface area contributed by atoms with Crippen LogP contribution in [0.2, 0.25) is 0 Å². The van der Waals surface area contributed by atoms with Crippen LogP contribution >= 0.6 is 0 Å². The minimum Gasteiger partial charge on any atom is -0.341 e. The van der Waals surface area contributed by atoms with E-state index in [9.17, 15) is 4.79 Å². The molecule has 3 fully saturated rings. The Morgan fingerprint density at radius 1 is 0.710 bits per heavy atom. The molecule has 4 heterocycles. The fourth-order valence-electron chi connectivity index (χ4n) is 4.90. The highest BCUT2D eigenvalue weighted by Gasteiger charge is 2.29. The molecule has 0 radical (unpaired) electrons. The number of piperidine rings is 1. The van der Waals surface area contributed by atoms with E-state index in [2.05, 4.69) is 14.7 Å². The Morgan fingerprint density at radius 2 is 1.13 bits per heavy atom. The number of rotatable bonds is 5. The van der Waals surface area contributed by atoms with Crippen LogP contribution in [0.4, 0.5) is 17.8 Å². The van der Waals surface area contributed by atoms with Gasteiger partial charge in [0, 0.05) is 50.7 Å². The molecule has 0 amide bonds. The van der Waals surface area contributed by atoms with Crippen LogP contribution in [0, 0.1) is 12.8 Å². The second-order valence-corrected chi connectivity index (χ2v) is 9.12. The molecule has 0 spiro atoms. The predicted octanol–water partition coefficient (Wildman–Crippen LogP) is 3.48. The van der Waals surface area contributed by atoms with Crippen LogP contribution in [0.1, 0.15) is 54.4 Å². The molecule has 1 aromatic carbocycles. The summed E-state index contributed by atoms with van der Waals surface area (Å²) in [5.41, 5.74) is 2.01. The van der Waals surface area contributed by atoms with Crippen molar-refractivity contribution in [1.82, 2.24) is 15.0 Å². The number of ketones is 1. The summed E-state index contributed by atoms with van der Waals surface area (Å²) in [6, 6.07) is 7.96. The maximum atomic E-state index is 12.9. The van der Waals surface area contributed by atoms with E-state index in [4.69, 9.17) is 15.0 Å². The topological polar surface area (TPSA) is 65.5 Å². The number of anilines is 3. The highest BCUT2D eigenvalue weighted by Crippen LogP contribution is 2.28. The van der Waals surface area contributed by atoms with E-state index >= 15 is 0 Å². The van der Waals surface area contributed by atoms with Gasteiger partial charge in [-0.25, -0.2) is 0 Å². The highest BCUT2D eigenvalue weighted by molar-refractivity contribution is 5.98. The molecule has 3 saturated heterocycles. The lowest BCUT2D eigenvalue weighted by Crippen LogP contribution is -2.38. The molecule has 0 aliphatic carbocycles. The first-order valence-electron chi connectivity index (χ1n) is 11.8. The van der Waals surface area contributed by atoms with Gasteiger partial charge < -0.3 is 14.7 Å². The number of aromatic nitrogens is 3. The number of nitrogens with zero attached hydrogens (tertiary/aromatic N) is 6. The summed E-state index contributed by atoms with van der Waals surface area (Å²) in [6.07, 6.45) is 6.49. The maximum Gasteiger partial charge on any atom is 0.231 e. The fraction of sp³-hybridized carbons (Fsp3) is 0.583. The molecular weight excluding hydrogens is 388 g/mol. The van der Waals surface area contributed by atoms with Gasteiger partial charge in [0.2, 0.25) is 17.8 Å². The Kier molecular flexibility index (Phi) is 5.74. The van der Waals surface area contributed by atoms with Crippen molar-refractivity contribution in [3.8, 4) is 0 Å². The third-order valence-electron chi connectivity index (χ3n) is 6.86. The number of Topliss-reactive ketones (excluding diaryl/α,β-unsaturated/α-hetero) is 1. The molecule has 5 rings (SSSR count). The molecule has 2 aromatic rings. The summed E-state index contributed by atoms with van der Waals surface area (Å²) in [7, 11) is 0. The molecular formula is C24H32N6O. The molecule has 7 heteroatoms. The van der Waals surface area contributed by atoms with Crippen molar-refractivity contribution < 1.29 is 4.79 Å². The van der Waals surface area contributed by atoms with E-state index in [1.54, 1.807) is 0 Å². The van der Waals surface area contributed by atoms with Crippen LogP contribution < -0.4 is 14.7 Å². The quantitative estimate of drug-likeness (QED) is 0.686. The molecule has 0 atom stereocenters. The summed E-state index contributed by atoms with van der Waals surface area (Å²) in [6.45, 7) is 7.77. The van der Waals surface area contributed by atoms with Gasteiger partial charge in [0.15, 0.2) is 5.78 Å². The van der Waals surface area contributed by atoms with Crippen molar-refractivity contribution in [1.29, 1.82) is 0 Å². The van der Waals surface area contributed by atoms with Crippen molar-refractivity contribution in [2.45, 2.75) is 45.4 Å². The Hall–Kier alpha value is -2.70.